The standard InChI is InChI=1S/C22H24FN3O2/c1-15(2)12-20(22(27)28)24-13-17-14-26(19-6-4-3-5-7-19)25-21(17)16-8-10-18(23)11-9-16/h3-11,14-15,20,24H,12-13H2,1-2H3,(H,27,28)/t20-/m0/s1. The molecular formula is C22H24FN3O2. The van der Waals surface area contributed by atoms with Gasteiger partial charge in [-0.15, -0.1) is 0 Å². The fraction of sp³-hybridized carbons (Fsp3) is 0.273. The fourth-order valence-electron chi connectivity index (χ4n) is 3.08. The van der Waals surface area contributed by atoms with Gasteiger partial charge in [-0.25, -0.2) is 9.07 Å². The average molecular weight is 381 g/mol. The molecule has 0 bridgehead atoms. The molecule has 5 nitrogen and oxygen atoms in total. The highest BCUT2D eigenvalue weighted by atomic mass is 19.1. The van der Waals surface area contributed by atoms with E-state index in [-0.39, 0.29) is 11.7 Å². The maximum Gasteiger partial charge on any atom is 0.320 e. The molecule has 3 aromatic rings. The summed E-state index contributed by atoms with van der Waals surface area (Å²) in [5, 5.41) is 17.3. The van der Waals surface area contributed by atoms with Gasteiger partial charge in [-0.05, 0) is 48.7 Å². The van der Waals surface area contributed by atoms with Gasteiger partial charge in [0.1, 0.15) is 11.9 Å². The number of rotatable bonds is 8. The van der Waals surface area contributed by atoms with Crippen molar-refractivity contribution in [2.45, 2.75) is 32.9 Å². The first kappa shape index (κ1) is 19.8. The van der Waals surface area contributed by atoms with E-state index in [2.05, 4.69) is 10.4 Å². The Morgan fingerprint density at radius 1 is 1.14 bits per heavy atom. The molecule has 0 spiro atoms. The number of nitrogens with zero attached hydrogens (tertiary/aromatic N) is 2. The number of halogens is 1. The molecule has 1 heterocycles. The summed E-state index contributed by atoms with van der Waals surface area (Å²) in [6, 6.07) is 15.2. The third kappa shape index (κ3) is 4.84. The van der Waals surface area contributed by atoms with Crippen LogP contribution < -0.4 is 5.32 Å². The highest BCUT2D eigenvalue weighted by Crippen LogP contribution is 2.24. The first-order valence-corrected chi connectivity index (χ1v) is 9.30. The number of para-hydroxylation sites is 1. The molecule has 0 unspecified atom stereocenters. The first-order chi connectivity index (χ1) is 13.4. The highest BCUT2D eigenvalue weighted by Gasteiger charge is 2.20. The van der Waals surface area contributed by atoms with Crippen LogP contribution in [0.3, 0.4) is 0 Å². The highest BCUT2D eigenvalue weighted by molar-refractivity contribution is 5.73. The minimum Gasteiger partial charge on any atom is -0.480 e. The maximum absolute atomic E-state index is 13.3. The lowest BCUT2D eigenvalue weighted by Gasteiger charge is -2.16. The third-order valence-corrected chi connectivity index (χ3v) is 4.47. The summed E-state index contributed by atoms with van der Waals surface area (Å²) in [4.78, 5) is 11.6. The van der Waals surface area contributed by atoms with Crippen LogP contribution in [-0.2, 0) is 11.3 Å². The fourth-order valence-corrected chi connectivity index (χ4v) is 3.08. The Morgan fingerprint density at radius 2 is 1.82 bits per heavy atom. The molecule has 1 aromatic heterocycles. The number of hydrogen-bond donors (Lipinski definition) is 2. The van der Waals surface area contributed by atoms with Crippen LogP contribution in [0.2, 0.25) is 0 Å². The number of carboxylic acid groups (broad SMARTS) is 1. The van der Waals surface area contributed by atoms with Crippen molar-refractivity contribution in [3.8, 4) is 16.9 Å². The molecule has 0 saturated heterocycles. The second-order valence-electron chi connectivity index (χ2n) is 7.19. The molecule has 1 atom stereocenters. The van der Waals surface area contributed by atoms with Crippen molar-refractivity contribution in [3.63, 3.8) is 0 Å². The molecule has 0 radical (unpaired) electrons. The van der Waals surface area contributed by atoms with E-state index in [1.807, 2.05) is 50.4 Å². The number of nitrogens with one attached hydrogen (secondary N) is 1. The Hall–Kier alpha value is -2.99. The van der Waals surface area contributed by atoms with Gasteiger partial charge in [0, 0.05) is 23.9 Å². The van der Waals surface area contributed by atoms with Crippen molar-refractivity contribution >= 4 is 5.97 Å². The molecule has 0 amide bonds. The summed E-state index contributed by atoms with van der Waals surface area (Å²) in [6.07, 6.45) is 2.42. The molecule has 0 aliphatic carbocycles. The van der Waals surface area contributed by atoms with Gasteiger partial charge in [-0.2, -0.15) is 5.10 Å². The molecule has 146 valence electrons. The summed E-state index contributed by atoms with van der Waals surface area (Å²) < 4.78 is 15.1. The van der Waals surface area contributed by atoms with Crippen molar-refractivity contribution in [1.82, 2.24) is 15.1 Å². The van der Waals surface area contributed by atoms with Gasteiger partial charge >= 0.3 is 5.97 Å². The number of aromatic nitrogens is 2. The van der Waals surface area contributed by atoms with E-state index in [0.29, 0.717) is 18.7 Å². The number of carbonyl (C=O) groups is 1. The topological polar surface area (TPSA) is 67.2 Å². The zero-order valence-corrected chi connectivity index (χ0v) is 16.0. The summed E-state index contributed by atoms with van der Waals surface area (Å²) in [5.74, 6) is -0.918. The lowest BCUT2D eigenvalue weighted by Crippen LogP contribution is -2.37. The molecule has 2 N–H and O–H groups in total. The van der Waals surface area contributed by atoms with E-state index >= 15 is 0 Å². The predicted octanol–water partition coefficient (Wildman–Crippen LogP) is 4.27. The first-order valence-electron chi connectivity index (χ1n) is 9.30. The molecule has 28 heavy (non-hydrogen) atoms. The lowest BCUT2D eigenvalue weighted by molar-refractivity contribution is -0.140. The van der Waals surface area contributed by atoms with Crippen molar-refractivity contribution in [1.29, 1.82) is 0 Å². The number of benzene rings is 2. The van der Waals surface area contributed by atoms with Crippen molar-refractivity contribution < 1.29 is 14.3 Å². The molecule has 0 saturated carbocycles. The van der Waals surface area contributed by atoms with Crippen LogP contribution in [0.15, 0.2) is 60.8 Å². The lowest BCUT2D eigenvalue weighted by atomic mass is 10.0. The van der Waals surface area contributed by atoms with Gasteiger partial charge in [-0.1, -0.05) is 32.0 Å². The predicted molar refractivity (Wildman–Crippen MR) is 107 cm³/mol. The Morgan fingerprint density at radius 3 is 2.43 bits per heavy atom. The largest absolute Gasteiger partial charge is 0.480 e. The molecular weight excluding hydrogens is 357 g/mol. The monoisotopic (exact) mass is 381 g/mol. The Balaban J connectivity index is 1.92. The number of hydrogen-bond acceptors (Lipinski definition) is 3. The second-order valence-corrected chi connectivity index (χ2v) is 7.19. The van der Waals surface area contributed by atoms with Gasteiger partial charge in [0.2, 0.25) is 0 Å². The minimum absolute atomic E-state index is 0.261. The number of aliphatic carboxylic acids is 1. The van der Waals surface area contributed by atoms with E-state index in [0.717, 1.165) is 16.8 Å². The van der Waals surface area contributed by atoms with Crippen LogP contribution in [0, 0.1) is 11.7 Å². The second kappa shape index (κ2) is 8.80. The summed E-state index contributed by atoms with van der Waals surface area (Å²) in [5.41, 5.74) is 3.23. The minimum atomic E-state index is -0.868. The molecule has 6 heteroatoms. The van der Waals surface area contributed by atoms with Gasteiger partial charge in [-0.3, -0.25) is 4.79 Å². The molecule has 0 fully saturated rings. The van der Waals surface area contributed by atoms with Crippen LogP contribution in [0.5, 0.6) is 0 Å². The van der Waals surface area contributed by atoms with Gasteiger partial charge in [0.05, 0.1) is 11.4 Å². The van der Waals surface area contributed by atoms with E-state index in [1.165, 1.54) is 12.1 Å². The van der Waals surface area contributed by atoms with Gasteiger partial charge < -0.3 is 10.4 Å². The van der Waals surface area contributed by atoms with E-state index in [4.69, 9.17) is 0 Å². The van der Waals surface area contributed by atoms with Crippen molar-refractivity contribution in [2.75, 3.05) is 0 Å². The summed E-state index contributed by atoms with van der Waals surface area (Å²) >= 11 is 0. The van der Waals surface area contributed by atoms with E-state index < -0.39 is 12.0 Å². The van der Waals surface area contributed by atoms with Crippen molar-refractivity contribution in [2.24, 2.45) is 5.92 Å². The molecule has 2 aromatic carbocycles. The summed E-state index contributed by atoms with van der Waals surface area (Å²) in [6.45, 7) is 4.34. The zero-order chi connectivity index (χ0) is 20.1. The van der Waals surface area contributed by atoms with E-state index in [1.54, 1.807) is 16.8 Å². The van der Waals surface area contributed by atoms with E-state index in [9.17, 15) is 14.3 Å². The van der Waals surface area contributed by atoms with Crippen LogP contribution in [0.25, 0.3) is 16.9 Å². The number of carboxylic acids is 1. The van der Waals surface area contributed by atoms with Crippen LogP contribution >= 0.6 is 0 Å². The smallest absolute Gasteiger partial charge is 0.320 e. The van der Waals surface area contributed by atoms with Crippen LogP contribution in [0.1, 0.15) is 25.8 Å². The van der Waals surface area contributed by atoms with Crippen LogP contribution in [0.4, 0.5) is 4.39 Å². The normalized spacial score (nSPS) is 12.3. The molecule has 0 aliphatic heterocycles. The Labute approximate surface area is 163 Å². The average Bonchev–Trinajstić information content (AvgIpc) is 3.10. The van der Waals surface area contributed by atoms with Crippen molar-refractivity contribution in [3.05, 3.63) is 72.2 Å². The van der Waals surface area contributed by atoms with Gasteiger partial charge in [0.15, 0.2) is 0 Å². The summed E-state index contributed by atoms with van der Waals surface area (Å²) in [7, 11) is 0. The Bertz CT molecular complexity index is 921. The molecule has 0 aliphatic rings. The third-order valence-electron chi connectivity index (χ3n) is 4.47. The maximum atomic E-state index is 13.3. The SMILES string of the molecule is CC(C)C[C@H](NCc1cn(-c2ccccc2)nc1-c1ccc(F)cc1)C(=O)O. The molecule has 3 rings (SSSR count). The van der Waals surface area contributed by atoms with Gasteiger partial charge in [0.25, 0.3) is 0 Å². The zero-order valence-electron chi connectivity index (χ0n) is 16.0. The Kier molecular flexibility index (Phi) is 6.21. The van der Waals surface area contributed by atoms with Crippen LogP contribution in [-0.4, -0.2) is 26.9 Å². The quantitative estimate of drug-likeness (QED) is 0.612.